The van der Waals surface area contributed by atoms with Crippen molar-refractivity contribution < 1.29 is 9.53 Å². The van der Waals surface area contributed by atoms with Crippen molar-refractivity contribution >= 4 is 17.2 Å². The van der Waals surface area contributed by atoms with Crippen molar-refractivity contribution in [2.24, 2.45) is 0 Å². The molecule has 0 amide bonds. The maximum Gasteiger partial charge on any atom is 0.154 e. The van der Waals surface area contributed by atoms with Crippen LogP contribution in [-0.4, -0.2) is 18.4 Å². The number of aldehydes is 1. The molecule has 0 unspecified atom stereocenters. The molecule has 0 radical (unpaired) electrons. The Morgan fingerprint density at radius 1 is 1.27 bits per heavy atom. The summed E-state index contributed by atoms with van der Waals surface area (Å²) in [5.74, 6) is 0.586. The van der Waals surface area contributed by atoms with Gasteiger partial charge >= 0.3 is 0 Å². The lowest BCUT2D eigenvalue weighted by molar-refractivity contribution is 0.112. The molecule has 1 aromatic carbocycles. The van der Waals surface area contributed by atoms with Crippen molar-refractivity contribution in [2.45, 2.75) is 6.92 Å². The molecule has 76 valence electrons. The Morgan fingerprint density at radius 2 is 2.07 bits per heavy atom. The lowest BCUT2D eigenvalue weighted by Crippen LogP contribution is -1.93. The van der Waals surface area contributed by atoms with Crippen molar-refractivity contribution in [1.82, 2.24) is 4.98 Å². The SMILES string of the molecule is COc1ccc2nc(C)ccc2c1C=O. The first-order valence-corrected chi connectivity index (χ1v) is 4.66. The van der Waals surface area contributed by atoms with E-state index in [-0.39, 0.29) is 0 Å². The van der Waals surface area contributed by atoms with Gasteiger partial charge in [-0.15, -0.1) is 0 Å². The van der Waals surface area contributed by atoms with E-state index in [0.717, 1.165) is 22.9 Å². The Morgan fingerprint density at radius 3 is 2.73 bits per heavy atom. The number of carbonyl (C=O) groups excluding carboxylic acids is 1. The van der Waals surface area contributed by atoms with Gasteiger partial charge in [0.05, 0.1) is 18.2 Å². The van der Waals surface area contributed by atoms with Gasteiger partial charge in [-0.25, -0.2) is 0 Å². The molecule has 3 heteroatoms. The van der Waals surface area contributed by atoms with Gasteiger partial charge in [-0.3, -0.25) is 9.78 Å². The second-order valence-corrected chi connectivity index (χ2v) is 3.32. The van der Waals surface area contributed by atoms with E-state index in [9.17, 15) is 4.79 Å². The fraction of sp³-hybridized carbons (Fsp3) is 0.167. The number of fused-ring (bicyclic) bond motifs is 1. The molecule has 1 aromatic heterocycles. The average Bonchev–Trinajstić information content (AvgIpc) is 2.27. The summed E-state index contributed by atoms with van der Waals surface area (Å²) in [5, 5.41) is 0.829. The first kappa shape index (κ1) is 9.65. The van der Waals surface area contributed by atoms with Crippen molar-refractivity contribution in [2.75, 3.05) is 7.11 Å². The standard InChI is InChI=1S/C12H11NO2/c1-8-3-4-9-10(7-14)12(15-2)6-5-11(9)13-8/h3-7H,1-2H3. The van der Waals surface area contributed by atoms with Gasteiger partial charge < -0.3 is 4.74 Å². The predicted octanol–water partition coefficient (Wildman–Crippen LogP) is 2.36. The van der Waals surface area contributed by atoms with Crippen LogP contribution in [0, 0.1) is 6.92 Å². The van der Waals surface area contributed by atoms with Gasteiger partial charge in [0, 0.05) is 11.1 Å². The molecule has 3 nitrogen and oxygen atoms in total. The lowest BCUT2D eigenvalue weighted by Gasteiger charge is -2.06. The number of nitrogens with zero attached hydrogens (tertiary/aromatic N) is 1. The predicted molar refractivity (Wildman–Crippen MR) is 58.4 cm³/mol. The van der Waals surface area contributed by atoms with Crippen LogP contribution in [0.5, 0.6) is 5.75 Å². The second kappa shape index (κ2) is 3.69. The fourth-order valence-corrected chi connectivity index (χ4v) is 1.61. The molecule has 0 aliphatic rings. The molecule has 0 saturated heterocycles. The zero-order valence-corrected chi connectivity index (χ0v) is 8.65. The summed E-state index contributed by atoms with van der Waals surface area (Å²) in [6, 6.07) is 7.39. The summed E-state index contributed by atoms with van der Waals surface area (Å²) in [7, 11) is 1.55. The average molecular weight is 201 g/mol. The maximum absolute atomic E-state index is 11.0. The zero-order chi connectivity index (χ0) is 10.8. The number of aromatic nitrogens is 1. The molecular weight excluding hydrogens is 190 g/mol. The van der Waals surface area contributed by atoms with Gasteiger partial charge in [-0.1, -0.05) is 6.07 Å². The van der Waals surface area contributed by atoms with Crippen LogP contribution in [0.4, 0.5) is 0 Å². The summed E-state index contributed by atoms with van der Waals surface area (Å²) in [5.41, 5.74) is 2.31. The molecule has 2 aromatic rings. The van der Waals surface area contributed by atoms with Crippen molar-refractivity contribution in [3.63, 3.8) is 0 Å². The van der Waals surface area contributed by atoms with Crippen molar-refractivity contribution in [3.8, 4) is 5.75 Å². The number of hydrogen-bond acceptors (Lipinski definition) is 3. The Bertz CT molecular complexity index is 520. The molecule has 2 rings (SSSR count). The molecule has 0 atom stereocenters. The van der Waals surface area contributed by atoms with E-state index in [1.54, 1.807) is 13.2 Å². The minimum absolute atomic E-state index is 0.558. The van der Waals surface area contributed by atoms with Crippen LogP contribution in [0.25, 0.3) is 10.9 Å². The first-order chi connectivity index (χ1) is 7.26. The highest BCUT2D eigenvalue weighted by Crippen LogP contribution is 2.25. The monoisotopic (exact) mass is 201 g/mol. The van der Waals surface area contributed by atoms with Crippen LogP contribution in [-0.2, 0) is 0 Å². The minimum Gasteiger partial charge on any atom is -0.496 e. The van der Waals surface area contributed by atoms with Crippen LogP contribution in [0.3, 0.4) is 0 Å². The largest absolute Gasteiger partial charge is 0.496 e. The fourth-order valence-electron chi connectivity index (χ4n) is 1.61. The van der Waals surface area contributed by atoms with Gasteiger partial charge in [-0.2, -0.15) is 0 Å². The molecule has 0 N–H and O–H groups in total. The molecule has 1 heterocycles. The van der Waals surface area contributed by atoms with Gasteiger partial charge in [0.2, 0.25) is 0 Å². The van der Waals surface area contributed by atoms with Crippen LogP contribution in [0.2, 0.25) is 0 Å². The number of ether oxygens (including phenoxy) is 1. The number of aryl methyl sites for hydroxylation is 1. The molecule has 0 aliphatic carbocycles. The third kappa shape index (κ3) is 1.56. The Balaban J connectivity index is 2.82. The smallest absolute Gasteiger partial charge is 0.154 e. The van der Waals surface area contributed by atoms with Crippen LogP contribution >= 0.6 is 0 Å². The normalized spacial score (nSPS) is 10.3. The highest BCUT2D eigenvalue weighted by molar-refractivity contribution is 5.99. The van der Waals surface area contributed by atoms with Gasteiger partial charge in [0.25, 0.3) is 0 Å². The summed E-state index contributed by atoms with van der Waals surface area (Å²) in [4.78, 5) is 15.3. The summed E-state index contributed by atoms with van der Waals surface area (Å²) in [6.45, 7) is 1.92. The van der Waals surface area contributed by atoms with E-state index < -0.39 is 0 Å². The molecule has 15 heavy (non-hydrogen) atoms. The summed E-state index contributed by atoms with van der Waals surface area (Å²) >= 11 is 0. The number of pyridine rings is 1. The van der Waals surface area contributed by atoms with Crippen molar-refractivity contribution in [3.05, 3.63) is 35.5 Å². The number of benzene rings is 1. The van der Waals surface area contributed by atoms with Crippen molar-refractivity contribution in [1.29, 1.82) is 0 Å². The molecule has 0 aliphatic heterocycles. The summed E-state index contributed by atoms with van der Waals surface area (Å²) < 4.78 is 5.12. The van der Waals surface area contributed by atoms with Crippen LogP contribution in [0.1, 0.15) is 16.1 Å². The van der Waals surface area contributed by atoms with Gasteiger partial charge in [-0.05, 0) is 25.1 Å². The Hall–Kier alpha value is -1.90. The topological polar surface area (TPSA) is 39.2 Å². The quantitative estimate of drug-likeness (QED) is 0.700. The highest BCUT2D eigenvalue weighted by Gasteiger charge is 2.07. The van der Waals surface area contributed by atoms with Crippen LogP contribution < -0.4 is 4.74 Å². The Kier molecular flexibility index (Phi) is 2.37. The van der Waals surface area contributed by atoms with E-state index in [4.69, 9.17) is 4.74 Å². The number of methoxy groups -OCH3 is 1. The first-order valence-electron chi connectivity index (χ1n) is 4.66. The third-order valence-electron chi connectivity index (χ3n) is 2.35. The summed E-state index contributed by atoms with van der Waals surface area (Å²) in [6.07, 6.45) is 0.804. The zero-order valence-electron chi connectivity index (χ0n) is 8.65. The van der Waals surface area contributed by atoms with Crippen LogP contribution in [0.15, 0.2) is 24.3 Å². The van der Waals surface area contributed by atoms with E-state index in [0.29, 0.717) is 11.3 Å². The number of hydrogen-bond donors (Lipinski definition) is 0. The Labute approximate surface area is 87.7 Å². The third-order valence-corrected chi connectivity index (χ3v) is 2.35. The molecule has 0 spiro atoms. The van der Waals surface area contributed by atoms with E-state index in [1.807, 2.05) is 25.1 Å². The highest BCUT2D eigenvalue weighted by atomic mass is 16.5. The lowest BCUT2D eigenvalue weighted by atomic mass is 10.1. The second-order valence-electron chi connectivity index (χ2n) is 3.32. The molecule has 0 saturated carbocycles. The van der Waals surface area contributed by atoms with E-state index in [1.165, 1.54) is 0 Å². The van der Waals surface area contributed by atoms with Gasteiger partial charge in [0.1, 0.15) is 5.75 Å². The van der Waals surface area contributed by atoms with E-state index in [2.05, 4.69) is 4.98 Å². The molecular formula is C12H11NO2. The molecule has 0 bridgehead atoms. The molecule has 0 fully saturated rings. The number of rotatable bonds is 2. The maximum atomic E-state index is 11.0. The van der Waals surface area contributed by atoms with E-state index >= 15 is 0 Å². The minimum atomic E-state index is 0.558. The van der Waals surface area contributed by atoms with Gasteiger partial charge in [0.15, 0.2) is 6.29 Å². The number of carbonyl (C=O) groups is 1.